The van der Waals surface area contributed by atoms with Gasteiger partial charge in [-0.3, -0.25) is 9.59 Å². The summed E-state index contributed by atoms with van der Waals surface area (Å²) in [6, 6.07) is 17.1. The lowest BCUT2D eigenvalue weighted by Crippen LogP contribution is -2.33. The molecule has 38 heavy (non-hydrogen) atoms. The molecule has 3 aromatic rings. The highest BCUT2D eigenvalue weighted by Gasteiger charge is 2.39. The summed E-state index contributed by atoms with van der Waals surface area (Å²) < 4.78 is 0. The molecule has 3 aromatic carbocycles. The van der Waals surface area contributed by atoms with Gasteiger partial charge in [-0.15, -0.1) is 0 Å². The number of carbonyl (C=O) groups excluding carboxylic acids is 2. The molecule has 2 aliphatic rings. The number of nitrogens with zero attached hydrogens (tertiary/aromatic N) is 1. The van der Waals surface area contributed by atoms with Crippen molar-refractivity contribution in [3.05, 3.63) is 99.0 Å². The molecule has 1 spiro atoms. The van der Waals surface area contributed by atoms with Gasteiger partial charge in [0.05, 0.1) is 22.0 Å². The summed E-state index contributed by atoms with van der Waals surface area (Å²) in [4.78, 5) is 39.8. The summed E-state index contributed by atoms with van der Waals surface area (Å²) in [6.45, 7) is 0.435. The van der Waals surface area contributed by atoms with E-state index in [4.69, 9.17) is 28.9 Å². The van der Waals surface area contributed by atoms with Crippen molar-refractivity contribution in [3.8, 4) is 0 Å². The van der Waals surface area contributed by atoms with Gasteiger partial charge in [0, 0.05) is 28.4 Å². The van der Waals surface area contributed by atoms with Crippen LogP contribution in [0.2, 0.25) is 10.0 Å². The first-order valence-corrected chi connectivity index (χ1v) is 12.9. The first-order valence-electron chi connectivity index (χ1n) is 12.2. The minimum Gasteiger partial charge on any atom is -0.478 e. The van der Waals surface area contributed by atoms with Gasteiger partial charge in [-0.05, 0) is 79.1 Å². The molecule has 2 amide bonds. The maximum atomic E-state index is 13.7. The number of hydrogen-bond donors (Lipinski definition) is 3. The van der Waals surface area contributed by atoms with Gasteiger partial charge in [-0.1, -0.05) is 47.5 Å². The van der Waals surface area contributed by atoms with Gasteiger partial charge in [0.15, 0.2) is 0 Å². The van der Waals surface area contributed by atoms with Gasteiger partial charge < -0.3 is 21.1 Å². The second-order valence-electron chi connectivity index (χ2n) is 9.73. The summed E-state index contributed by atoms with van der Waals surface area (Å²) >= 11 is 12.1. The number of carboxylic acid groups (broad SMARTS) is 1. The Morgan fingerprint density at radius 1 is 1.00 bits per heavy atom. The molecule has 4 N–H and O–H groups in total. The lowest BCUT2D eigenvalue weighted by molar-refractivity contribution is -0.132. The van der Waals surface area contributed by atoms with Gasteiger partial charge in [0.25, 0.3) is 11.8 Å². The third-order valence-electron chi connectivity index (χ3n) is 7.27. The van der Waals surface area contributed by atoms with Crippen LogP contribution in [0.4, 0.5) is 17.1 Å². The molecule has 9 heteroatoms. The number of nitrogen functional groups attached to an aromatic ring is 1. The van der Waals surface area contributed by atoms with Gasteiger partial charge in [-0.25, -0.2) is 4.79 Å². The standard InChI is InChI=1S/C29H25Cl2N3O4/c30-20-6-7-22(31)21(14-20)26(35)33-24-8-5-17(13-23(24)32)27(36)34-12-11-29(10-9-19(16-29)28(37)38)15-18-3-1-2-4-25(18)34/h1-8,13-14,16H,9-12,15,32H2,(H,33,35)(H,37,38)/t29-/m0/s1. The van der Waals surface area contributed by atoms with Crippen LogP contribution in [0.5, 0.6) is 0 Å². The Morgan fingerprint density at radius 3 is 2.53 bits per heavy atom. The molecule has 0 aromatic heterocycles. The Morgan fingerprint density at radius 2 is 1.79 bits per heavy atom. The predicted molar refractivity (Wildman–Crippen MR) is 149 cm³/mol. The van der Waals surface area contributed by atoms with E-state index in [2.05, 4.69) is 5.32 Å². The number of benzene rings is 3. The van der Waals surface area contributed by atoms with Crippen LogP contribution in [0.15, 0.2) is 72.3 Å². The highest BCUT2D eigenvalue weighted by atomic mass is 35.5. The van der Waals surface area contributed by atoms with E-state index in [1.54, 1.807) is 29.2 Å². The fourth-order valence-corrected chi connectivity index (χ4v) is 5.66. The van der Waals surface area contributed by atoms with Crippen molar-refractivity contribution in [2.45, 2.75) is 25.7 Å². The van der Waals surface area contributed by atoms with Gasteiger partial charge >= 0.3 is 5.97 Å². The normalized spacial score (nSPS) is 18.5. The SMILES string of the molecule is Nc1cc(C(=O)N2CC[C@]3(C=C(C(=O)O)CC3)Cc3ccccc32)ccc1NC(=O)c1cc(Cl)ccc1Cl. The minimum atomic E-state index is -0.882. The van der Waals surface area contributed by atoms with E-state index in [1.165, 1.54) is 12.1 Å². The second kappa shape index (κ2) is 10.2. The van der Waals surface area contributed by atoms with Crippen molar-refractivity contribution in [2.75, 3.05) is 22.5 Å². The maximum absolute atomic E-state index is 13.7. The molecule has 0 fully saturated rings. The van der Waals surface area contributed by atoms with Gasteiger partial charge in [0.1, 0.15) is 0 Å². The van der Waals surface area contributed by atoms with Crippen molar-refractivity contribution >= 4 is 58.0 Å². The molecule has 0 saturated heterocycles. The summed E-state index contributed by atoms with van der Waals surface area (Å²) in [6.07, 6.45) is 4.47. The Balaban J connectivity index is 1.40. The quantitative estimate of drug-likeness (QED) is 0.334. The van der Waals surface area contributed by atoms with Crippen molar-refractivity contribution in [1.82, 2.24) is 0 Å². The van der Waals surface area contributed by atoms with E-state index in [0.717, 1.165) is 17.7 Å². The average molecular weight is 550 g/mol. The lowest BCUT2D eigenvalue weighted by atomic mass is 9.79. The largest absolute Gasteiger partial charge is 0.478 e. The fourth-order valence-electron chi connectivity index (χ4n) is 5.29. The third kappa shape index (κ3) is 4.99. The summed E-state index contributed by atoms with van der Waals surface area (Å²) in [7, 11) is 0. The number of halogens is 2. The zero-order valence-electron chi connectivity index (χ0n) is 20.3. The Labute approximate surface area is 229 Å². The smallest absolute Gasteiger partial charge is 0.331 e. The fraction of sp³-hybridized carbons (Fsp3) is 0.207. The number of aliphatic carboxylic acids is 1. The summed E-state index contributed by atoms with van der Waals surface area (Å²) in [5, 5.41) is 12.8. The Bertz CT molecular complexity index is 1500. The molecule has 1 aliphatic carbocycles. The number of para-hydroxylation sites is 1. The molecular formula is C29H25Cl2N3O4. The lowest BCUT2D eigenvalue weighted by Gasteiger charge is -2.26. The molecule has 1 atom stereocenters. The summed E-state index contributed by atoms with van der Waals surface area (Å²) in [5.74, 6) is -1.58. The molecule has 1 heterocycles. The van der Waals surface area contributed by atoms with E-state index in [1.807, 2.05) is 30.3 Å². The van der Waals surface area contributed by atoms with Crippen LogP contribution < -0.4 is 16.0 Å². The topological polar surface area (TPSA) is 113 Å². The third-order valence-corrected chi connectivity index (χ3v) is 7.84. The van der Waals surface area contributed by atoms with Gasteiger partial charge in [-0.2, -0.15) is 0 Å². The monoisotopic (exact) mass is 549 g/mol. The number of hydrogen-bond acceptors (Lipinski definition) is 4. The number of rotatable bonds is 4. The van der Waals surface area contributed by atoms with E-state index in [9.17, 15) is 19.5 Å². The Kier molecular flexibility index (Phi) is 6.90. The molecule has 0 bridgehead atoms. The number of amides is 2. The summed E-state index contributed by atoms with van der Waals surface area (Å²) in [5.41, 5.74) is 9.33. The molecule has 194 valence electrons. The molecule has 1 aliphatic heterocycles. The highest BCUT2D eigenvalue weighted by Crippen LogP contribution is 2.46. The molecule has 5 rings (SSSR count). The first-order chi connectivity index (χ1) is 18.2. The average Bonchev–Trinajstić information content (AvgIpc) is 3.24. The van der Waals surface area contributed by atoms with Crippen LogP contribution in [-0.2, 0) is 11.2 Å². The van der Waals surface area contributed by atoms with Crippen LogP contribution in [-0.4, -0.2) is 29.4 Å². The number of carbonyl (C=O) groups is 3. The van der Waals surface area contributed by atoms with Crippen molar-refractivity contribution < 1.29 is 19.5 Å². The van der Waals surface area contributed by atoms with Crippen LogP contribution in [0, 0.1) is 5.41 Å². The number of carboxylic acids is 1. The second-order valence-corrected chi connectivity index (χ2v) is 10.6. The zero-order chi connectivity index (χ0) is 27.0. The molecule has 0 radical (unpaired) electrons. The molecule has 7 nitrogen and oxygen atoms in total. The van der Waals surface area contributed by atoms with Crippen molar-refractivity contribution in [1.29, 1.82) is 0 Å². The van der Waals surface area contributed by atoms with E-state index in [-0.39, 0.29) is 27.6 Å². The van der Waals surface area contributed by atoms with Crippen LogP contribution in [0.3, 0.4) is 0 Å². The molecular weight excluding hydrogens is 525 g/mol. The highest BCUT2D eigenvalue weighted by molar-refractivity contribution is 6.36. The zero-order valence-corrected chi connectivity index (χ0v) is 21.9. The molecule has 0 saturated carbocycles. The first kappa shape index (κ1) is 25.8. The predicted octanol–water partition coefficient (Wildman–Crippen LogP) is 6.21. The van der Waals surface area contributed by atoms with Gasteiger partial charge in [0.2, 0.25) is 0 Å². The minimum absolute atomic E-state index is 0.209. The van der Waals surface area contributed by atoms with Crippen LogP contribution in [0.1, 0.15) is 45.5 Å². The Hall–Kier alpha value is -3.81. The number of nitrogens with two attached hydrogens (primary N) is 1. The van der Waals surface area contributed by atoms with Crippen molar-refractivity contribution in [2.24, 2.45) is 5.41 Å². The molecule has 0 unspecified atom stereocenters. The number of fused-ring (bicyclic) bond motifs is 1. The van der Waals surface area contributed by atoms with E-state index >= 15 is 0 Å². The van der Waals surface area contributed by atoms with E-state index < -0.39 is 11.9 Å². The van der Waals surface area contributed by atoms with Crippen LogP contribution in [0.25, 0.3) is 0 Å². The maximum Gasteiger partial charge on any atom is 0.331 e. The number of nitrogens with one attached hydrogen (secondary N) is 1. The van der Waals surface area contributed by atoms with Crippen molar-refractivity contribution in [3.63, 3.8) is 0 Å². The number of anilines is 3. The number of allylic oxidation sites excluding steroid dienone is 1. The van der Waals surface area contributed by atoms with E-state index in [0.29, 0.717) is 47.7 Å². The van der Waals surface area contributed by atoms with Crippen LogP contribution >= 0.6 is 23.2 Å².